The first kappa shape index (κ1) is 23.9. The molecule has 0 aromatic heterocycles. The van der Waals surface area contributed by atoms with E-state index in [9.17, 15) is 10.1 Å². The molecule has 164 valence electrons. The summed E-state index contributed by atoms with van der Waals surface area (Å²) in [5.74, 6) is 3.10. The summed E-state index contributed by atoms with van der Waals surface area (Å²) in [6.07, 6.45) is 6.69. The molecule has 0 aliphatic rings. The highest BCUT2D eigenvalue weighted by Crippen LogP contribution is 2.27. The molecule has 0 heterocycles. The van der Waals surface area contributed by atoms with Crippen LogP contribution in [0, 0.1) is 23.7 Å². The molecule has 33 heavy (non-hydrogen) atoms. The maximum absolute atomic E-state index is 12.6. The number of carbonyl (C=O) groups excluding carboxylic acids is 1. The van der Waals surface area contributed by atoms with E-state index in [1.807, 2.05) is 18.2 Å². The summed E-state index contributed by atoms with van der Waals surface area (Å²) in [5, 5.41) is 12.8. The average Bonchev–Trinajstić information content (AvgIpc) is 2.82. The molecule has 0 saturated heterocycles. The van der Waals surface area contributed by atoms with Crippen molar-refractivity contribution in [2.45, 2.75) is 6.61 Å². The van der Waals surface area contributed by atoms with E-state index in [1.54, 1.807) is 54.6 Å². The highest BCUT2D eigenvalue weighted by Gasteiger charge is 2.11. The number of hydrogen-bond donors (Lipinski definition) is 1. The van der Waals surface area contributed by atoms with Gasteiger partial charge < -0.3 is 14.8 Å². The van der Waals surface area contributed by atoms with E-state index in [-0.39, 0.29) is 12.2 Å². The third-order valence-electron chi connectivity index (χ3n) is 4.37. The zero-order valence-electron chi connectivity index (χ0n) is 17.3. The Kier molecular flexibility index (Phi) is 8.55. The van der Waals surface area contributed by atoms with Crippen molar-refractivity contribution in [3.05, 3.63) is 92.9 Å². The van der Waals surface area contributed by atoms with Gasteiger partial charge in [-0.2, -0.15) is 5.26 Å². The van der Waals surface area contributed by atoms with Crippen molar-refractivity contribution in [3.8, 4) is 29.9 Å². The fourth-order valence-electron chi connectivity index (χ4n) is 2.74. The highest BCUT2D eigenvalue weighted by atomic mass is 79.9. The molecular formula is C26H18BrClN2O3. The van der Waals surface area contributed by atoms with Gasteiger partial charge in [-0.25, -0.2) is 0 Å². The van der Waals surface area contributed by atoms with Crippen molar-refractivity contribution < 1.29 is 14.3 Å². The number of rotatable bonds is 8. The van der Waals surface area contributed by atoms with Gasteiger partial charge in [0.25, 0.3) is 5.91 Å². The Balaban J connectivity index is 1.62. The lowest BCUT2D eigenvalue weighted by Crippen LogP contribution is -2.13. The van der Waals surface area contributed by atoms with E-state index in [0.29, 0.717) is 38.9 Å². The van der Waals surface area contributed by atoms with E-state index in [1.165, 1.54) is 6.08 Å². The number of amides is 1. The number of nitriles is 1. The van der Waals surface area contributed by atoms with Gasteiger partial charge in [0, 0.05) is 10.7 Å². The van der Waals surface area contributed by atoms with Crippen molar-refractivity contribution in [2.24, 2.45) is 0 Å². The number of nitrogens with one attached hydrogen (secondary N) is 1. The van der Waals surface area contributed by atoms with E-state index in [0.717, 1.165) is 5.56 Å². The number of anilines is 1. The van der Waals surface area contributed by atoms with Crippen LogP contribution in [0.1, 0.15) is 11.1 Å². The lowest BCUT2D eigenvalue weighted by atomic mass is 10.1. The van der Waals surface area contributed by atoms with Gasteiger partial charge in [-0.3, -0.25) is 4.79 Å². The maximum atomic E-state index is 12.6. The average molecular weight is 522 g/mol. The Hall–Kier alpha value is -3.71. The molecule has 3 rings (SSSR count). The second-order valence-corrected chi connectivity index (χ2v) is 8.04. The second kappa shape index (κ2) is 11.8. The zero-order valence-corrected chi connectivity index (χ0v) is 19.7. The van der Waals surface area contributed by atoms with Crippen molar-refractivity contribution in [3.63, 3.8) is 0 Å². The van der Waals surface area contributed by atoms with Crippen LogP contribution in [0.2, 0.25) is 5.02 Å². The van der Waals surface area contributed by atoms with Gasteiger partial charge in [0.15, 0.2) is 0 Å². The molecule has 7 heteroatoms. The number of hydrogen-bond acceptors (Lipinski definition) is 4. The number of carbonyl (C=O) groups is 1. The van der Waals surface area contributed by atoms with Crippen LogP contribution in [0.25, 0.3) is 6.08 Å². The Morgan fingerprint density at radius 2 is 1.82 bits per heavy atom. The van der Waals surface area contributed by atoms with E-state index < -0.39 is 5.91 Å². The molecule has 0 unspecified atom stereocenters. The lowest BCUT2D eigenvalue weighted by Gasteiger charge is -2.09. The van der Waals surface area contributed by atoms with Crippen molar-refractivity contribution >= 4 is 45.2 Å². The van der Waals surface area contributed by atoms with Crippen LogP contribution in [0.15, 0.2) is 76.8 Å². The minimum absolute atomic E-state index is 0.0396. The third-order valence-corrected chi connectivity index (χ3v) is 5.25. The van der Waals surface area contributed by atoms with Gasteiger partial charge in [0.2, 0.25) is 0 Å². The van der Waals surface area contributed by atoms with Crippen LogP contribution in [0.5, 0.6) is 11.5 Å². The Bertz CT molecular complexity index is 1240. The SMILES string of the molecule is C#CCOc1ccc(/C=C(\C#N)C(=O)Nc2ccc(OCc3ccc(Cl)cc3)cc2)cc1Br. The maximum Gasteiger partial charge on any atom is 0.266 e. The summed E-state index contributed by atoms with van der Waals surface area (Å²) in [5.41, 5.74) is 2.15. The van der Waals surface area contributed by atoms with Crippen LogP contribution in [-0.2, 0) is 11.4 Å². The van der Waals surface area contributed by atoms with Crippen molar-refractivity contribution in [1.29, 1.82) is 5.26 Å². The van der Waals surface area contributed by atoms with Crippen molar-refractivity contribution in [1.82, 2.24) is 0 Å². The third kappa shape index (κ3) is 7.15. The molecule has 0 aliphatic heterocycles. The molecule has 0 saturated carbocycles. The first-order chi connectivity index (χ1) is 16.0. The number of ether oxygens (including phenoxy) is 2. The molecule has 3 aromatic carbocycles. The van der Waals surface area contributed by atoms with Crippen molar-refractivity contribution in [2.75, 3.05) is 11.9 Å². The first-order valence-corrected chi connectivity index (χ1v) is 10.9. The molecule has 0 bridgehead atoms. The zero-order chi connectivity index (χ0) is 23.6. The van der Waals surface area contributed by atoms with Gasteiger partial charge in [-0.05, 0) is 81.7 Å². The molecular weight excluding hydrogens is 504 g/mol. The first-order valence-electron chi connectivity index (χ1n) is 9.75. The van der Waals surface area contributed by atoms with E-state index in [4.69, 9.17) is 27.5 Å². The normalized spacial score (nSPS) is 10.6. The lowest BCUT2D eigenvalue weighted by molar-refractivity contribution is -0.112. The quantitative estimate of drug-likeness (QED) is 0.216. The Labute approximate surface area is 205 Å². The van der Waals surface area contributed by atoms with Gasteiger partial charge in [-0.15, -0.1) is 6.42 Å². The minimum Gasteiger partial charge on any atom is -0.489 e. The number of benzene rings is 3. The standard InChI is InChI=1S/C26H18BrClN2O3/c1-2-13-32-25-12-5-19(15-24(25)27)14-20(16-29)26(31)30-22-8-10-23(11-9-22)33-17-18-3-6-21(28)7-4-18/h1,3-12,14-15H,13,17H2,(H,30,31)/b20-14+. The fraction of sp³-hybridized carbons (Fsp3) is 0.0769. The Morgan fingerprint density at radius 3 is 2.45 bits per heavy atom. The van der Waals surface area contributed by atoms with Gasteiger partial charge in [0.05, 0.1) is 4.47 Å². The summed E-state index contributed by atoms with van der Waals surface area (Å²) in [6, 6.07) is 21.4. The Morgan fingerprint density at radius 1 is 1.09 bits per heavy atom. The summed E-state index contributed by atoms with van der Waals surface area (Å²) in [7, 11) is 0. The molecule has 3 aromatic rings. The summed E-state index contributed by atoms with van der Waals surface area (Å²) < 4.78 is 11.8. The number of terminal acetylenes is 1. The summed E-state index contributed by atoms with van der Waals surface area (Å²) in [4.78, 5) is 12.6. The second-order valence-electron chi connectivity index (χ2n) is 6.75. The minimum atomic E-state index is -0.517. The van der Waals surface area contributed by atoms with Crippen LogP contribution < -0.4 is 14.8 Å². The predicted octanol–water partition coefficient (Wildman–Crippen LogP) is 6.24. The van der Waals surface area contributed by atoms with E-state index >= 15 is 0 Å². The summed E-state index contributed by atoms with van der Waals surface area (Å²) in [6.45, 7) is 0.539. The van der Waals surface area contributed by atoms with Crippen LogP contribution in [0.3, 0.4) is 0 Å². The number of nitrogens with zero attached hydrogens (tertiary/aromatic N) is 1. The topological polar surface area (TPSA) is 71.3 Å². The molecule has 0 atom stereocenters. The highest BCUT2D eigenvalue weighted by molar-refractivity contribution is 9.10. The van der Waals surface area contributed by atoms with Gasteiger partial charge in [0.1, 0.15) is 36.4 Å². The summed E-state index contributed by atoms with van der Waals surface area (Å²) >= 11 is 9.28. The molecule has 0 spiro atoms. The molecule has 1 amide bonds. The number of halogens is 2. The van der Waals surface area contributed by atoms with Crippen LogP contribution in [0.4, 0.5) is 5.69 Å². The monoisotopic (exact) mass is 520 g/mol. The predicted molar refractivity (Wildman–Crippen MR) is 133 cm³/mol. The molecule has 0 fully saturated rings. The van der Waals surface area contributed by atoms with Gasteiger partial charge >= 0.3 is 0 Å². The smallest absolute Gasteiger partial charge is 0.266 e. The fourth-order valence-corrected chi connectivity index (χ4v) is 3.38. The molecule has 0 radical (unpaired) electrons. The molecule has 5 nitrogen and oxygen atoms in total. The van der Waals surface area contributed by atoms with Crippen LogP contribution >= 0.6 is 27.5 Å². The molecule has 0 aliphatic carbocycles. The largest absolute Gasteiger partial charge is 0.489 e. The van der Waals surface area contributed by atoms with Gasteiger partial charge in [-0.1, -0.05) is 35.7 Å². The van der Waals surface area contributed by atoms with E-state index in [2.05, 4.69) is 27.2 Å². The van der Waals surface area contributed by atoms with Crippen LogP contribution in [-0.4, -0.2) is 12.5 Å². The molecule has 1 N–H and O–H groups in total.